The fourth-order valence-electron chi connectivity index (χ4n) is 6.67. The molecule has 32 heavy (non-hydrogen) atoms. The zero-order valence-electron chi connectivity index (χ0n) is 18.0. The van der Waals surface area contributed by atoms with E-state index in [1.807, 2.05) is 36.4 Å². The van der Waals surface area contributed by atoms with Gasteiger partial charge in [-0.2, -0.15) is 0 Å². The van der Waals surface area contributed by atoms with Crippen molar-refractivity contribution in [2.24, 2.45) is 0 Å². The highest BCUT2D eigenvalue weighted by Crippen LogP contribution is 2.65. The first-order valence-electron chi connectivity index (χ1n) is 11.3. The van der Waals surface area contributed by atoms with Crippen LogP contribution in [0.2, 0.25) is 0 Å². The molecule has 6 heteroatoms. The van der Waals surface area contributed by atoms with Crippen molar-refractivity contribution in [2.75, 3.05) is 13.6 Å². The molecule has 6 nitrogen and oxygen atoms in total. The van der Waals surface area contributed by atoms with Gasteiger partial charge in [0.2, 0.25) is 0 Å². The number of carbonyl (C=O) groups excluding carboxylic acids is 1. The topological polar surface area (TPSA) is 79.2 Å². The number of piperidine rings is 1. The molecule has 2 aliphatic carbocycles. The molecule has 0 aromatic heterocycles. The smallest absolute Gasteiger partial charge is 0.336 e. The normalized spacial score (nSPS) is 34.8. The van der Waals surface area contributed by atoms with Gasteiger partial charge in [0.15, 0.2) is 11.5 Å². The average Bonchev–Trinajstić information content (AvgIpc) is 3.15. The van der Waals surface area contributed by atoms with Crippen LogP contribution in [0.25, 0.3) is 6.08 Å². The van der Waals surface area contributed by atoms with E-state index in [9.17, 15) is 15.0 Å². The first-order chi connectivity index (χ1) is 15.4. The minimum atomic E-state index is -0.974. The molecule has 6 rings (SSSR count). The molecule has 1 spiro atoms. The van der Waals surface area contributed by atoms with Gasteiger partial charge in [-0.3, -0.25) is 0 Å². The number of carbonyl (C=O) groups is 1. The lowest BCUT2D eigenvalue weighted by atomic mass is 9.49. The Balaban J connectivity index is 1.40. The number of aliphatic hydroxyl groups is 2. The Morgan fingerprint density at radius 1 is 1.22 bits per heavy atom. The van der Waals surface area contributed by atoms with Crippen molar-refractivity contribution in [3.8, 4) is 11.5 Å². The maximum Gasteiger partial charge on any atom is 0.336 e. The largest absolute Gasteiger partial charge is 0.482 e. The number of hydrogen-bond acceptors (Lipinski definition) is 6. The number of esters is 1. The molecule has 2 aromatic rings. The summed E-state index contributed by atoms with van der Waals surface area (Å²) in [6, 6.07) is 13.3. The van der Waals surface area contributed by atoms with E-state index in [1.165, 1.54) is 6.08 Å². The summed E-state index contributed by atoms with van der Waals surface area (Å²) in [5, 5.41) is 22.9. The van der Waals surface area contributed by atoms with E-state index in [2.05, 4.69) is 11.9 Å². The summed E-state index contributed by atoms with van der Waals surface area (Å²) in [5.41, 5.74) is 1.31. The lowest BCUT2D eigenvalue weighted by Crippen LogP contribution is -2.76. The fourth-order valence-corrected chi connectivity index (χ4v) is 6.67. The lowest BCUT2D eigenvalue weighted by Gasteiger charge is -2.63. The molecular formula is C26H27NO5. The van der Waals surface area contributed by atoms with E-state index in [4.69, 9.17) is 9.47 Å². The van der Waals surface area contributed by atoms with Gasteiger partial charge < -0.3 is 24.6 Å². The van der Waals surface area contributed by atoms with Crippen molar-refractivity contribution in [1.82, 2.24) is 4.90 Å². The van der Waals surface area contributed by atoms with Gasteiger partial charge in [-0.1, -0.05) is 36.4 Å². The van der Waals surface area contributed by atoms with Crippen LogP contribution in [0, 0.1) is 0 Å². The molecule has 2 heterocycles. The third kappa shape index (κ3) is 2.54. The van der Waals surface area contributed by atoms with Gasteiger partial charge in [0.25, 0.3) is 0 Å². The van der Waals surface area contributed by atoms with Crippen LogP contribution in [0.1, 0.15) is 36.0 Å². The van der Waals surface area contributed by atoms with Gasteiger partial charge >= 0.3 is 5.97 Å². The molecule has 4 aliphatic rings. The summed E-state index contributed by atoms with van der Waals surface area (Å²) in [4.78, 5) is 14.8. The Morgan fingerprint density at radius 2 is 2.03 bits per heavy atom. The van der Waals surface area contributed by atoms with Gasteiger partial charge in [0.1, 0.15) is 6.10 Å². The van der Waals surface area contributed by atoms with Crippen molar-refractivity contribution in [1.29, 1.82) is 0 Å². The number of ether oxygens (including phenoxy) is 2. The Labute approximate surface area is 187 Å². The summed E-state index contributed by atoms with van der Waals surface area (Å²) in [6.07, 6.45) is 4.35. The van der Waals surface area contributed by atoms with E-state index in [1.54, 1.807) is 12.1 Å². The van der Waals surface area contributed by atoms with Crippen molar-refractivity contribution in [2.45, 2.75) is 54.9 Å². The predicted octanol–water partition coefficient (Wildman–Crippen LogP) is 2.45. The summed E-state index contributed by atoms with van der Waals surface area (Å²) >= 11 is 0. The third-order valence-corrected chi connectivity index (χ3v) is 8.11. The van der Waals surface area contributed by atoms with Crippen molar-refractivity contribution in [3.63, 3.8) is 0 Å². The number of hydrogen-bond donors (Lipinski definition) is 2. The fraction of sp³-hybridized carbons (Fsp3) is 0.423. The zero-order valence-corrected chi connectivity index (χ0v) is 18.0. The van der Waals surface area contributed by atoms with Gasteiger partial charge in [-0.25, -0.2) is 4.79 Å². The van der Waals surface area contributed by atoms with Gasteiger partial charge in [0, 0.05) is 17.7 Å². The predicted molar refractivity (Wildman–Crippen MR) is 119 cm³/mol. The Morgan fingerprint density at radius 3 is 2.84 bits per heavy atom. The molecule has 4 unspecified atom stereocenters. The van der Waals surface area contributed by atoms with Crippen LogP contribution in [-0.4, -0.2) is 58.5 Å². The number of rotatable bonds is 3. The minimum absolute atomic E-state index is 0.0180. The second-order valence-corrected chi connectivity index (χ2v) is 9.58. The highest BCUT2D eigenvalue weighted by molar-refractivity contribution is 5.89. The van der Waals surface area contributed by atoms with Crippen LogP contribution < -0.4 is 9.47 Å². The molecule has 166 valence electrons. The SMILES string of the molecule is CN1CCC23c4c5ccc(OC(=O)/C=C/c6ccccc6)c4OC2C(O)CC[C@@]3(O)C1C5. The summed E-state index contributed by atoms with van der Waals surface area (Å²) in [5.74, 6) is 0.368. The Bertz CT molecular complexity index is 1110. The summed E-state index contributed by atoms with van der Waals surface area (Å²) < 4.78 is 12.1. The number of benzene rings is 2. The molecule has 2 fully saturated rings. The maximum absolute atomic E-state index is 12.6. The molecule has 2 bridgehead atoms. The Kier molecular flexibility index (Phi) is 4.31. The minimum Gasteiger partial charge on any atom is -0.482 e. The molecule has 1 saturated carbocycles. The van der Waals surface area contributed by atoms with Crippen LogP contribution in [0.4, 0.5) is 0 Å². The monoisotopic (exact) mass is 433 g/mol. The lowest BCUT2D eigenvalue weighted by molar-refractivity contribution is -0.204. The molecular weight excluding hydrogens is 406 g/mol. The number of likely N-dealkylation sites (tertiary alicyclic amines) is 1. The highest BCUT2D eigenvalue weighted by Gasteiger charge is 2.72. The van der Waals surface area contributed by atoms with Crippen molar-refractivity contribution >= 4 is 12.0 Å². The van der Waals surface area contributed by atoms with E-state index in [0.29, 0.717) is 37.2 Å². The van der Waals surface area contributed by atoms with Gasteiger partial charge in [-0.05, 0) is 62.5 Å². The molecule has 2 N–H and O–H groups in total. The standard InChI is InChI=1S/C26H27NO5/c1-27-14-13-25-22-17-8-9-19(31-21(29)10-7-16-5-3-2-4-6-16)23(22)32-24(25)18(28)11-12-26(25,30)20(27)15-17/h2-10,18,20,24,28,30H,11-15H2,1H3/b10-7+/t18?,20?,24?,25?,26-/m1/s1. The molecule has 0 amide bonds. The molecule has 2 aliphatic heterocycles. The molecule has 2 aromatic carbocycles. The van der Waals surface area contributed by atoms with Crippen molar-refractivity contribution < 1.29 is 24.5 Å². The van der Waals surface area contributed by atoms with E-state index in [0.717, 1.165) is 23.2 Å². The zero-order chi connectivity index (χ0) is 22.1. The molecule has 0 radical (unpaired) electrons. The summed E-state index contributed by atoms with van der Waals surface area (Å²) in [7, 11) is 2.06. The number of aliphatic hydroxyl groups excluding tert-OH is 1. The highest BCUT2D eigenvalue weighted by atomic mass is 16.6. The van der Waals surface area contributed by atoms with Gasteiger partial charge in [0.05, 0.1) is 17.1 Å². The van der Waals surface area contributed by atoms with Crippen molar-refractivity contribution in [3.05, 3.63) is 65.2 Å². The van der Waals surface area contributed by atoms with Gasteiger partial charge in [-0.15, -0.1) is 0 Å². The van der Waals surface area contributed by atoms with E-state index >= 15 is 0 Å². The number of likely N-dealkylation sites (N-methyl/N-ethyl adjacent to an activating group) is 1. The third-order valence-electron chi connectivity index (χ3n) is 8.11. The maximum atomic E-state index is 12.6. The molecule has 5 atom stereocenters. The Hall–Kier alpha value is -2.67. The quantitative estimate of drug-likeness (QED) is 0.440. The second kappa shape index (κ2) is 6.91. The van der Waals surface area contributed by atoms with Crippen LogP contribution >= 0.6 is 0 Å². The average molecular weight is 434 g/mol. The van der Waals surface area contributed by atoms with Crippen LogP contribution in [0.15, 0.2) is 48.5 Å². The first-order valence-corrected chi connectivity index (χ1v) is 11.3. The summed E-state index contributed by atoms with van der Waals surface area (Å²) in [6.45, 7) is 0.822. The van der Waals surface area contributed by atoms with Crippen LogP contribution in [-0.2, 0) is 16.6 Å². The second-order valence-electron chi connectivity index (χ2n) is 9.58. The van der Waals surface area contributed by atoms with Crippen LogP contribution in [0.5, 0.6) is 11.5 Å². The van der Waals surface area contributed by atoms with E-state index in [-0.39, 0.29) is 6.04 Å². The number of nitrogens with zero attached hydrogens (tertiary/aromatic N) is 1. The first kappa shape index (κ1) is 20.0. The van der Waals surface area contributed by atoms with E-state index < -0.39 is 29.2 Å². The molecule has 1 saturated heterocycles. The van der Waals surface area contributed by atoms with Crippen LogP contribution in [0.3, 0.4) is 0 Å².